The van der Waals surface area contributed by atoms with Crippen molar-refractivity contribution in [3.63, 3.8) is 0 Å². The molecule has 0 aromatic heterocycles. The van der Waals surface area contributed by atoms with Crippen molar-refractivity contribution < 1.29 is 4.74 Å². The monoisotopic (exact) mass is 546 g/mol. The first-order chi connectivity index (χ1) is 19.4. The maximum atomic E-state index is 7.00. The Morgan fingerprint density at radius 3 is 1.90 bits per heavy atom. The molecular formula is C36H36OP2. The largest absolute Gasteiger partial charge is 0.456 e. The Kier molecular flexibility index (Phi) is 8.69. The first kappa shape index (κ1) is 26.3. The molecule has 0 saturated carbocycles. The third-order valence-electron chi connectivity index (χ3n) is 7.51. The van der Waals surface area contributed by atoms with Crippen LogP contribution in [0.3, 0.4) is 0 Å². The van der Waals surface area contributed by atoms with Gasteiger partial charge in [-0.25, -0.2) is 0 Å². The van der Waals surface area contributed by atoms with Gasteiger partial charge in [0.15, 0.2) is 0 Å². The molecule has 3 unspecified atom stereocenters. The van der Waals surface area contributed by atoms with Gasteiger partial charge in [-0.15, -0.1) is 0 Å². The number of hydrogen-bond acceptors (Lipinski definition) is 1. The summed E-state index contributed by atoms with van der Waals surface area (Å²) in [5, 5.41) is 6.92. The van der Waals surface area contributed by atoms with Crippen molar-refractivity contribution >= 4 is 31.8 Å². The highest BCUT2D eigenvalue weighted by molar-refractivity contribution is 7.77. The van der Waals surface area contributed by atoms with E-state index in [9.17, 15) is 0 Å². The molecule has 3 aliphatic rings. The zero-order valence-electron chi connectivity index (χ0n) is 22.5. The fourth-order valence-corrected chi connectivity index (χ4v) is 11.1. The van der Waals surface area contributed by atoms with Crippen LogP contribution in [0.25, 0.3) is 0 Å². The summed E-state index contributed by atoms with van der Waals surface area (Å²) in [6.07, 6.45) is 27.4. The first-order valence-electron chi connectivity index (χ1n) is 14.3. The van der Waals surface area contributed by atoms with Crippen molar-refractivity contribution in [3.05, 3.63) is 138 Å². The molecule has 196 valence electrons. The van der Waals surface area contributed by atoms with Crippen molar-refractivity contribution in [2.75, 3.05) is 0 Å². The zero-order chi connectivity index (χ0) is 26.3. The van der Waals surface area contributed by atoms with E-state index in [1.165, 1.54) is 45.8 Å². The van der Waals surface area contributed by atoms with Crippen LogP contribution >= 0.6 is 15.8 Å². The Balaban J connectivity index is 1.42. The van der Waals surface area contributed by atoms with Crippen LogP contribution in [0.1, 0.15) is 44.9 Å². The lowest BCUT2D eigenvalue weighted by atomic mass is 10.1. The fourth-order valence-electron chi connectivity index (χ4n) is 5.66. The molecule has 3 aromatic rings. The van der Waals surface area contributed by atoms with E-state index in [1.54, 1.807) is 0 Å². The van der Waals surface area contributed by atoms with Crippen molar-refractivity contribution in [2.24, 2.45) is 0 Å². The lowest BCUT2D eigenvalue weighted by molar-refractivity contribution is 0.490. The number of benzene rings is 3. The highest BCUT2D eigenvalue weighted by atomic mass is 31.1. The van der Waals surface area contributed by atoms with E-state index in [0.717, 1.165) is 37.2 Å². The summed E-state index contributed by atoms with van der Waals surface area (Å²) in [5.74, 6) is 1.98. The molecule has 0 bridgehead atoms. The molecule has 3 aliphatic carbocycles. The lowest BCUT2D eigenvalue weighted by Gasteiger charge is -2.31. The molecule has 0 aliphatic heterocycles. The second kappa shape index (κ2) is 12.9. The van der Waals surface area contributed by atoms with Gasteiger partial charge in [-0.05, 0) is 88.9 Å². The summed E-state index contributed by atoms with van der Waals surface area (Å²) < 4.78 is 7.00. The Morgan fingerprint density at radius 2 is 1.23 bits per heavy atom. The van der Waals surface area contributed by atoms with Crippen LogP contribution < -0.4 is 20.7 Å². The lowest BCUT2D eigenvalue weighted by Crippen LogP contribution is -2.19. The summed E-state index contributed by atoms with van der Waals surface area (Å²) in [6, 6.07) is 28.5. The Bertz CT molecular complexity index is 1430. The van der Waals surface area contributed by atoms with E-state index in [4.69, 9.17) is 4.74 Å². The highest BCUT2D eigenvalue weighted by Gasteiger charge is 2.29. The van der Waals surface area contributed by atoms with Crippen LogP contribution in [0.4, 0.5) is 0 Å². The van der Waals surface area contributed by atoms with Gasteiger partial charge in [0.1, 0.15) is 11.5 Å². The molecule has 39 heavy (non-hydrogen) atoms. The van der Waals surface area contributed by atoms with Crippen LogP contribution in [0.2, 0.25) is 0 Å². The second-order valence-corrected chi connectivity index (χ2v) is 14.8. The van der Waals surface area contributed by atoms with E-state index in [0.29, 0.717) is 5.66 Å². The molecule has 3 atom stereocenters. The van der Waals surface area contributed by atoms with Gasteiger partial charge >= 0.3 is 0 Å². The van der Waals surface area contributed by atoms with Crippen molar-refractivity contribution in [1.82, 2.24) is 0 Å². The highest BCUT2D eigenvalue weighted by Crippen LogP contribution is 2.55. The van der Waals surface area contributed by atoms with Gasteiger partial charge in [0.2, 0.25) is 0 Å². The summed E-state index contributed by atoms with van der Waals surface area (Å²) in [6.45, 7) is 0. The van der Waals surface area contributed by atoms with Crippen LogP contribution in [-0.2, 0) is 0 Å². The molecular weight excluding hydrogens is 510 g/mol. The van der Waals surface area contributed by atoms with Gasteiger partial charge in [-0.1, -0.05) is 115 Å². The third-order valence-corrected chi connectivity index (χ3v) is 12.9. The predicted octanol–water partition coefficient (Wildman–Crippen LogP) is 9.60. The Hall–Kier alpha value is -2.98. The van der Waals surface area contributed by atoms with E-state index < -0.39 is 15.8 Å². The molecule has 0 saturated heterocycles. The molecule has 3 heteroatoms. The van der Waals surface area contributed by atoms with Crippen molar-refractivity contribution in [3.8, 4) is 11.5 Å². The van der Waals surface area contributed by atoms with Gasteiger partial charge in [0, 0.05) is 16.3 Å². The molecule has 6 rings (SSSR count). The minimum absolute atomic E-state index is 0.545. The van der Waals surface area contributed by atoms with E-state index in [1.807, 2.05) is 0 Å². The standard InChI is InChI=1S/C36H36OP2/c1-5-17-29(18-6-1)38(30-19-7-2-8-20-30)35-27-15-13-25-33(35)37-34-26-14-16-28-36(34)39(31-21-9-3-10-22-31)32-23-11-4-12-24-32/h1,5-7,9,11,13-23,25-28,32H,2-4,8,10,12,24H2. The number of ether oxygens (including phenoxy) is 1. The zero-order valence-corrected chi connectivity index (χ0v) is 24.2. The summed E-state index contributed by atoms with van der Waals surface area (Å²) >= 11 is 0. The average Bonchev–Trinajstić information content (AvgIpc) is 3.01. The van der Waals surface area contributed by atoms with Gasteiger partial charge in [-0.2, -0.15) is 0 Å². The minimum atomic E-state index is -0.714. The predicted molar refractivity (Wildman–Crippen MR) is 172 cm³/mol. The van der Waals surface area contributed by atoms with Crippen LogP contribution in [-0.4, -0.2) is 5.66 Å². The molecule has 0 N–H and O–H groups in total. The van der Waals surface area contributed by atoms with Gasteiger partial charge < -0.3 is 4.74 Å². The van der Waals surface area contributed by atoms with E-state index in [2.05, 4.69) is 127 Å². The van der Waals surface area contributed by atoms with Crippen LogP contribution in [0.5, 0.6) is 11.5 Å². The first-order valence-corrected chi connectivity index (χ1v) is 17.0. The minimum Gasteiger partial charge on any atom is -0.456 e. The van der Waals surface area contributed by atoms with Crippen LogP contribution in [0.15, 0.2) is 138 Å². The maximum Gasteiger partial charge on any atom is 0.135 e. The number of allylic oxidation sites excluding steroid dienone is 10. The number of hydrogen-bond donors (Lipinski definition) is 0. The SMILES string of the molecule is C1=CC(P(c2ccccc2)c2ccccc2Oc2ccccc2P(C2=CCCC=C2)C2C=CCCC2)=CCC1. The molecule has 0 radical (unpaired) electrons. The molecule has 0 spiro atoms. The summed E-state index contributed by atoms with van der Waals surface area (Å²) in [5.41, 5.74) is 0.557. The normalized spacial score (nSPS) is 20.2. The van der Waals surface area contributed by atoms with Gasteiger partial charge in [-0.3, -0.25) is 0 Å². The van der Waals surface area contributed by atoms with Gasteiger partial charge in [0.05, 0.1) is 0 Å². The third kappa shape index (κ3) is 6.11. The Morgan fingerprint density at radius 1 is 0.590 bits per heavy atom. The maximum absolute atomic E-state index is 7.00. The molecule has 0 amide bonds. The summed E-state index contributed by atoms with van der Waals surface area (Å²) in [4.78, 5) is 0. The quantitative estimate of drug-likeness (QED) is 0.202. The van der Waals surface area contributed by atoms with E-state index >= 15 is 0 Å². The Labute approximate surface area is 236 Å². The fraction of sp³-hybridized carbons (Fsp3) is 0.222. The summed E-state index contributed by atoms with van der Waals surface area (Å²) in [7, 11) is -1.26. The second-order valence-electron chi connectivity index (χ2n) is 10.2. The van der Waals surface area contributed by atoms with E-state index in [-0.39, 0.29) is 0 Å². The number of para-hydroxylation sites is 2. The average molecular weight is 547 g/mol. The van der Waals surface area contributed by atoms with Crippen molar-refractivity contribution in [2.45, 2.75) is 50.6 Å². The smallest absolute Gasteiger partial charge is 0.135 e. The van der Waals surface area contributed by atoms with Crippen LogP contribution in [0, 0.1) is 0 Å². The molecule has 0 heterocycles. The molecule has 3 aromatic carbocycles. The van der Waals surface area contributed by atoms with Gasteiger partial charge in [0.25, 0.3) is 0 Å². The topological polar surface area (TPSA) is 9.23 Å². The number of rotatable bonds is 8. The molecule has 1 nitrogen and oxygen atoms in total. The van der Waals surface area contributed by atoms with Crippen molar-refractivity contribution in [1.29, 1.82) is 0 Å². The molecule has 0 fully saturated rings.